The lowest BCUT2D eigenvalue weighted by Crippen LogP contribution is -2.57. The Morgan fingerprint density at radius 1 is 1.32 bits per heavy atom. The van der Waals surface area contributed by atoms with Crippen molar-refractivity contribution >= 4 is 5.91 Å². The zero-order chi connectivity index (χ0) is 14.0. The van der Waals surface area contributed by atoms with Crippen LogP contribution in [0.25, 0.3) is 0 Å². The van der Waals surface area contributed by atoms with E-state index in [0.29, 0.717) is 5.56 Å². The second-order valence-corrected chi connectivity index (χ2v) is 5.68. The Bertz CT molecular complexity index is 467. The van der Waals surface area contributed by atoms with Crippen LogP contribution in [0.4, 0.5) is 0 Å². The summed E-state index contributed by atoms with van der Waals surface area (Å²) in [6.45, 7) is 0.731. The Morgan fingerprint density at radius 2 is 2.00 bits per heavy atom. The van der Waals surface area contributed by atoms with E-state index in [-0.39, 0.29) is 17.2 Å². The van der Waals surface area contributed by atoms with Gasteiger partial charge in [0.2, 0.25) is 0 Å². The first kappa shape index (κ1) is 13.9. The maximum Gasteiger partial charge on any atom is 0.253 e. The lowest BCUT2D eigenvalue weighted by atomic mass is 9.75. The molecule has 1 aliphatic rings. The van der Waals surface area contributed by atoms with Crippen molar-refractivity contribution in [2.24, 2.45) is 0 Å². The molecule has 0 spiro atoms. The highest BCUT2D eigenvalue weighted by Gasteiger charge is 2.40. The van der Waals surface area contributed by atoms with E-state index in [4.69, 9.17) is 0 Å². The van der Waals surface area contributed by atoms with Crippen molar-refractivity contribution in [1.82, 2.24) is 9.80 Å². The van der Waals surface area contributed by atoms with Gasteiger partial charge in [-0.05, 0) is 51.6 Å². The van der Waals surface area contributed by atoms with E-state index < -0.39 is 0 Å². The van der Waals surface area contributed by atoms with Gasteiger partial charge in [-0.3, -0.25) is 4.79 Å². The van der Waals surface area contributed by atoms with Crippen molar-refractivity contribution in [2.75, 3.05) is 27.7 Å². The minimum absolute atomic E-state index is 0.0379. The monoisotopic (exact) mass is 262 g/mol. The van der Waals surface area contributed by atoms with Gasteiger partial charge in [0.25, 0.3) is 5.91 Å². The van der Waals surface area contributed by atoms with Crippen LogP contribution in [-0.4, -0.2) is 54.0 Å². The highest BCUT2D eigenvalue weighted by molar-refractivity contribution is 5.94. The minimum Gasteiger partial charge on any atom is -0.508 e. The maximum absolute atomic E-state index is 12.3. The van der Waals surface area contributed by atoms with Crippen molar-refractivity contribution in [3.8, 4) is 5.75 Å². The summed E-state index contributed by atoms with van der Waals surface area (Å²) in [5.74, 6) is 0.0919. The molecule has 0 unspecified atom stereocenters. The van der Waals surface area contributed by atoms with Crippen molar-refractivity contribution in [3.05, 3.63) is 29.8 Å². The van der Waals surface area contributed by atoms with Crippen molar-refractivity contribution < 1.29 is 9.90 Å². The number of hydrogen-bond donors (Lipinski definition) is 1. The smallest absolute Gasteiger partial charge is 0.253 e. The molecule has 19 heavy (non-hydrogen) atoms. The van der Waals surface area contributed by atoms with E-state index in [0.717, 1.165) is 19.4 Å². The molecule has 1 aromatic rings. The van der Waals surface area contributed by atoms with Crippen LogP contribution in [0, 0.1) is 0 Å². The van der Waals surface area contributed by atoms with Crippen molar-refractivity contribution in [2.45, 2.75) is 24.8 Å². The minimum atomic E-state index is -0.0379. The summed E-state index contributed by atoms with van der Waals surface area (Å²) in [6.07, 6.45) is 3.50. The van der Waals surface area contributed by atoms with E-state index in [2.05, 4.69) is 19.0 Å². The third kappa shape index (κ3) is 2.73. The average molecular weight is 262 g/mol. The van der Waals surface area contributed by atoms with Gasteiger partial charge >= 0.3 is 0 Å². The van der Waals surface area contributed by atoms with E-state index in [1.807, 2.05) is 7.05 Å². The highest BCUT2D eigenvalue weighted by Crippen LogP contribution is 2.36. The van der Waals surface area contributed by atoms with Crippen molar-refractivity contribution in [1.29, 1.82) is 0 Å². The number of carbonyl (C=O) groups is 1. The molecule has 1 amide bonds. The number of phenolic OH excluding ortho intramolecular Hbond substituents is 1. The number of carbonyl (C=O) groups excluding carboxylic acids is 1. The van der Waals surface area contributed by atoms with Crippen LogP contribution >= 0.6 is 0 Å². The Hall–Kier alpha value is -1.55. The Balaban J connectivity index is 2.07. The molecule has 0 bridgehead atoms. The van der Waals surface area contributed by atoms with Crippen LogP contribution in [0.3, 0.4) is 0 Å². The largest absolute Gasteiger partial charge is 0.508 e. The van der Waals surface area contributed by atoms with Crippen LogP contribution in [-0.2, 0) is 0 Å². The van der Waals surface area contributed by atoms with Gasteiger partial charge in [0.15, 0.2) is 0 Å². The molecule has 0 radical (unpaired) electrons. The lowest BCUT2D eigenvalue weighted by Gasteiger charge is -2.49. The number of aromatic hydroxyl groups is 1. The fraction of sp³-hybridized carbons (Fsp3) is 0.533. The Labute approximate surface area is 114 Å². The van der Waals surface area contributed by atoms with Gasteiger partial charge in [-0.1, -0.05) is 6.07 Å². The molecule has 1 fully saturated rings. The second-order valence-electron chi connectivity index (χ2n) is 5.68. The van der Waals surface area contributed by atoms with Gasteiger partial charge in [0, 0.05) is 24.7 Å². The van der Waals surface area contributed by atoms with E-state index in [1.54, 1.807) is 23.1 Å². The molecule has 1 aromatic carbocycles. The molecule has 2 rings (SSSR count). The number of amides is 1. The number of hydrogen-bond acceptors (Lipinski definition) is 3. The van der Waals surface area contributed by atoms with E-state index >= 15 is 0 Å². The van der Waals surface area contributed by atoms with Crippen LogP contribution in [0.1, 0.15) is 29.6 Å². The summed E-state index contributed by atoms with van der Waals surface area (Å²) in [4.78, 5) is 16.3. The maximum atomic E-state index is 12.3. The molecule has 1 aliphatic carbocycles. The standard InChI is InChI=1S/C15H22N2O2/c1-16(2)15(8-5-9-15)11-17(3)14(19)12-6-4-7-13(18)10-12/h4,6-7,10,18H,5,8-9,11H2,1-3H3. The molecular formula is C15H22N2O2. The summed E-state index contributed by atoms with van der Waals surface area (Å²) in [6, 6.07) is 6.52. The molecule has 0 saturated heterocycles. The Morgan fingerprint density at radius 3 is 2.47 bits per heavy atom. The highest BCUT2D eigenvalue weighted by atomic mass is 16.3. The predicted molar refractivity (Wildman–Crippen MR) is 75.3 cm³/mol. The fourth-order valence-electron chi connectivity index (χ4n) is 2.70. The van der Waals surface area contributed by atoms with Gasteiger partial charge in [-0.25, -0.2) is 0 Å². The zero-order valence-electron chi connectivity index (χ0n) is 11.9. The summed E-state index contributed by atoms with van der Waals surface area (Å²) in [5.41, 5.74) is 0.664. The number of rotatable bonds is 4. The van der Waals surface area contributed by atoms with Crippen LogP contribution in [0.5, 0.6) is 5.75 Å². The second kappa shape index (κ2) is 5.21. The summed E-state index contributed by atoms with van der Waals surface area (Å²) < 4.78 is 0. The van der Waals surface area contributed by atoms with Gasteiger partial charge in [-0.2, -0.15) is 0 Å². The van der Waals surface area contributed by atoms with E-state index in [1.165, 1.54) is 12.5 Å². The normalized spacial score (nSPS) is 17.1. The first-order valence-corrected chi connectivity index (χ1v) is 6.66. The SMILES string of the molecule is CN(CC1(N(C)C)CCC1)C(=O)c1cccc(O)c1. The predicted octanol–water partition coefficient (Wildman–Crippen LogP) is 1.95. The summed E-state index contributed by atoms with van der Waals surface area (Å²) in [7, 11) is 5.98. The molecular weight excluding hydrogens is 240 g/mol. The molecule has 0 aliphatic heterocycles. The zero-order valence-corrected chi connectivity index (χ0v) is 11.9. The molecule has 1 saturated carbocycles. The quantitative estimate of drug-likeness (QED) is 0.902. The molecule has 0 aromatic heterocycles. The number of likely N-dealkylation sites (N-methyl/N-ethyl adjacent to an activating group) is 2. The third-order valence-electron chi connectivity index (χ3n) is 4.20. The molecule has 1 N–H and O–H groups in total. The van der Waals surface area contributed by atoms with Gasteiger partial charge < -0.3 is 14.9 Å². The van der Waals surface area contributed by atoms with Crippen LogP contribution in [0.15, 0.2) is 24.3 Å². The third-order valence-corrected chi connectivity index (χ3v) is 4.20. The average Bonchev–Trinajstić information content (AvgIpc) is 2.32. The van der Waals surface area contributed by atoms with Crippen LogP contribution in [0.2, 0.25) is 0 Å². The molecule has 4 nitrogen and oxygen atoms in total. The summed E-state index contributed by atoms with van der Waals surface area (Å²) >= 11 is 0. The summed E-state index contributed by atoms with van der Waals surface area (Å²) in [5, 5.41) is 9.44. The van der Waals surface area contributed by atoms with Gasteiger partial charge in [0.1, 0.15) is 5.75 Å². The fourth-order valence-corrected chi connectivity index (χ4v) is 2.70. The molecule has 104 valence electrons. The molecule has 0 heterocycles. The van der Waals surface area contributed by atoms with Gasteiger partial charge in [0.05, 0.1) is 0 Å². The molecule has 0 atom stereocenters. The number of phenols is 1. The molecule has 4 heteroatoms. The number of benzene rings is 1. The van der Waals surface area contributed by atoms with Gasteiger partial charge in [-0.15, -0.1) is 0 Å². The lowest BCUT2D eigenvalue weighted by molar-refractivity contribution is 0.0252. The Kier molecular flexibility index (Phi) is 3.80. The van der Waals surface area contributed by atoms with E-state index in [9.17, 15) is 9.90 Å². The first-order valence-electron chi connectivity index (χ1n) is 6.66. The first-order chi connectivity index (χ1) is 8.94. The van der Waals surface area contributed by atoms with Crippen LogP contribution < -0.4 is 0 Å². The number of nitrogens with zero attached hydrogens (tertiary/aromatic N) is 2. The topological polar surface area (TPSA) is 43.8 Å². The van der Waals surface area contributed by atoms with Crippen molar-refractivity contribution in [3.63, 3.8) is 0 Å².